The van der Waals surface area contributed by atoms with Crippen LogP contribution in [0.4, 0.5) is 5.69 Å². The van der Waals surface area contributed by atoms with Crippen LogP contribution in [0.3, 0.4) is 0 Å². The number of benzene rings is 2. The molecule has 2 aromatic carbocycles. The Morgan fingerprint density at radius 3 is 2.33 bits per heavy atom. The molecule has 4 nitrogen and oxygen atoms in total. The minimum Gasteiger partial charge on any atom is -0.484 e. The van der Waals surface area contributed by atoms with Crippen molar-refractivity contribution in [3.05, 3.63) is 59.7 Å². The lowest BCUT2D eigenvalue weighted by atomic mass is 10.2. The van der Waals surface area contributed by atoms with E-state index in [0.29, 0.717) is 11.7 Å². The first-order chi connectivity index (χ1) is 11.5. The first-order valence-electron chi connectivity index (χ1n) is 8.32. The van der Waals surface area contributed by atoms with Crippen molar-refractivity contribution >= 4 is 11.6 Å². The molecule has 0 unspecified atom stereocenters. The van der Waals surface area contributed by atoms with E-state index in [1.165, 1.54) is 5.56 Å². The van der Waals surface area contributed by atoms with Gasteiger partial charge in [0.15, 0.2) is 6.61 Å². The maximum absolute atomic E-state index is 11.9. The highest BCUT2D eigenvalue weighted by molar-refractivity contribution is 5.91. The van der Waals surface area contributed by atoms with Gasteiger partial charge in [0.25, 0.3) is 5.91 Å². The summed E-state index contributed by atoms with van der Waals surface area (Å²) in [5.41, 5.74) is 3.14. The molecule has 2 N–H and O–H groups in total. The molecule has 2 rings (SSSR count). The van der Waals surface area contributed by atoms with Gasteiger partial charge < -0.3 is 15.4 Å². The number of hydrogen-bond acceptors (Lipinski definition) is 3. The monoisotopic (exact) mass is 326 g/mol. The number of anilines is 1. The normalized spacial score (nSPS) is 10.7. The number of nitrogens with one attached hydrogen (secondary N) is 2. The fourth-order valence-corrected chi connectivity index (χ4v) is 2.19. The molecule has 0 aromatic heterocycles. The van der Waals surface area contributed by atoms with Gasteiger partial charge in [-0.1, -0.05) is 43.7 Å². The van der Waals surface area contributed by atoms with Crippen LogP contribution in [0.1, 0.15) is 25.0 Å². The zero-order valence-corrected chi connectivity index (χ0v) is 14.6. The van der Waals surface area contributed by atoms with Crippen molar-refractivity contribution in [1.29, 1.82) is 0 Å². The summed E-state index contributed by atoms with van der Waals surface area (Å²) < 4.78 is 5.53. The molecular formula is C20H26N2O2. The Balaban J connectivity index is 1.75. The molecule has 4 heteroatoms. The number of amides is 1. The van der Waals surface area contributed by atoms with E-state index in [1.807, 2.05) is 55.5 Å². The van der Waals surface area contributed by atoms with E-state index in [1.54, 1.807) is 0 Å². The van der Waals surface area contributed by atoms with Crippen LogP contribution in [-0.2, 0) is 11.3 Å². The average Bonchev–Trinajstić information content (AvgIpc) is 2.56. The highest BCUT2D eigenvalue weighted by atomic mass is 16.5. The zero-order chi connectivity index (χ0) is 17.4. The van der Waals surface area contributed by atoms with E-state index in [9.17, 15) is 4.79 Å². The Morgan fingerprint density at radius 2 is 1.71 bits per heavy atom. The zero-order valence-electron chi connectivity index (χ0n) is 14.6. The van der Waals surface area contributed by atoms with Gasteiger partial charge in [-0.15, -0.1) is 0 Å². The highest BCUT2D eigenvalue weighted by Gasteiger charge is 2.04. The van der Waals surface area contributed by atoms with Crippen molar-refractivity contribution in [2.24, 2.45) is 5.92 Å². The van der Waals surface area contributed by atoms with Gasteiger partial charge in [0, 0.05) is 12.2 Å². The number of hydrogen-bond donors (Lipinski definition) is 2. The van der Waals surface area contributed by atoms with Gasteiger partial charge in [-0.3, -0.25) is 4.79 Å². The van der Waals surface area contributed by atoms with Crippen molar-refractivity contribution < 1.29 is 9.53 Å². The largest absolute Gasteiger partial charge is 0.484 e. The molecule has 0 saturated carbocycles. The topological polar surface area (TPSA) is 50.4 Å². The number of ether oxygens (including phenoxy) is 1. The number of rotatable bonds is 8. The van der Waals surface area contributed by atoms with Crippen molar-refractivity contribution in [1.82, 2.24) is 5.32 Å². The maximum atomic E-state index is 11.9. The van der Waals surface area contributed by atoms with Crippen LogP contribution in [0.2, 0.25) is 0 Å². The van der Waals surface area contributed by atoms with Gasteiger partial charge in [-0.25, -0.2) is 0 Å². The minimum absolute atomic E-state index is 0.00117. The minimum atomic E-state index is -0.165. The van der Waals surface area contributed by atoms with Gasteiger partial charge >= 0.3 is 0 Å². The average molecular weight is 326 g/mol. The van der Waals surface area contributed by atoms with Crippen LogP contribution in [0.15, 0.2) is 48.5 Å². The van der Waals surface area contributed by atoms with E-state index in [2.05, 4.69) is 24.5 Å². The Bertz CT molecular complexity index is 634. The van der Waals surface area contributed by atoms with Crippen molar-refractivity contribution in [3.63, 3.8) is 0 Å². The highest BCUT2D eigenvalue weighted by Crippen LogP contribution is 2.13. The van der Waals surface area contributed by atoms with Crippen LogP contribution < -0.4 is 15.4 Å². The molecule has 0 aliphatic rings. The fourth-order valence-electron chi connectivity index (χ4n) is 2.19. The third-order valence-electron chi connectivity index (χ3n) is 3.51. The van der Waals surface area contributed by atoms with Gasteiger partial charge in [-0.05, 0) is 49.2 Å². The van der Waals surface area contributed by atoms with Crippen LogP contribution in [0, 0.1) is 12.8 Å². The third kappa shape index (κ3) is 6.42. The molecule has 0 heterocycles. The molecule has 1 amide bonds. The molecule has 0 aliphatic carbocycles. The summed E-state index contributed by atoms with van der Waals surface area (Å²) in [5, 5.41) is 6.21. The summed E-state index contributed by atoms with van der Waals surface area (Å²) in [6.07, 6.45) is 0. The Kier molecular flexibility index (Phi) is 6.82. The maximum Gasteiger partial charge on any atom is 0.262 e. The number of carbonyl (C=O) groups excluding carboxylic acids is 1. The Hall–Kier alpha value is -2.33. The van der Waals surface area contributed by atoms with Crippen LogP contribution >= 0.6 is 0 Å². The lowest BCUT2D eigenvalue weighted by Crippen LogP contribution is -2.20. The summed E-state index contributed by atoms with van der Waals surface area (Å²) in [6.45, 7) is 8.22. The van der Waals surface area contributed by atoms with E-state index >= 15 is 0 Å². The molecule has 0 saturated heterocycles. The van der Waals surface area contributed by atoms with Crippen molar-refractivity contribution in [2.75, 3.05) is 18.5 Å². The smallest absolute Gasteiger partial charge is 0.262 e. The lowest BCUT2D eigenvalue weighted by molar-refractivity contribution is -0.118. The molecule has 0 aliphatic heterocycles. The first-order valence-corrected chi connectivity index (χ1v) is 8.32. The van der Waals surface area contributed by atoms with Crippen molar-refractivity contribution in [2.45, 2.75) is 27.3 Å². The van der Waals surface area contributed by atoms with E-state index < -0.39 is 0 Å². The summed E-state index contributed by atoms with van der Waals surface area (Å²) in [5.74, 6) is 1.17. The van der Waals surface area contributed by atoms with Gasteiger partial charge in [0.2, 0.25) is 0 Å². The SMILES string of the molecule is Cc1ccc(NC(=O)COc2ccc(CNCC(C)C)cc2)cc1. The van der Waals surface area contributed by atoms with Gasteiger partial charge in [0.05, 0.1) is 0 Å². The van der Waals surface area contributed by atoms with Gasteiger partial charge in [0.1, 0.15) is 5.75 Å². The van der Waals surface area contributed by atoms with Crippen LogP contribution in [0.25, 0.3) is 0 Å². The van der Waals surface area contributed by atoms with E-state index in [-0.39, 0.29) is 12.5 Å². The summed E-state index contributed by atoms with van der Waals surface area (Å²) in [7, 11) is 0. The summed E-state index contributed by atoms with van der Waals surface area (Å²) in [4.78, 5) is 11.9. The molecule has 0 fully saturated rings. The van der Waals surface area contributed by atoms with E-state index in [0.717, 1.165) is 24.3 Å². The molecule has 128 valence electrons. The Labute approximate surface area is 144 Å². The number of carbonyl (C=O) groups is 1. The van der Waals surface area contributed by atoms with E-state index in [4.69, 9.17) is 4.74 Å². The predicted octanol–water partition coefficient (Wildman–Crippen LogP) is 3.76. The molecular weight excluding hydrogens is 300 g/mol. The third-order valence-corrected chi connectivity index (χ3v) is 3.51. The molecule has 0 atom stereocenters. The van der Waals surface area contributed by atoms with Crippen LogP contribution in [0.5, 0.6) is 5.75 Å². The summed E-state index contributed by atoms with van der Waals surface area (Å²) in [6, 6.07) is 15.5. The quantitative estimate of drug-likeness (QED) is 0.776. The first kappa shape index (κ1) is 18.0. The molecule has 0 radical (unpaired) electrons. The molecule has 24 heavy (non-hydrogen) atoms. The standard InChI is InChI=1S/C20H26N2O2/c1-15(2)12-21-13-17-6-10-19(11-7-17)24-14-20(23)22-18-8-4-16(3)5-9-18/h4-11,15,21H,12-14H2,1-3H3,(H,22,23). The molecule has 0 spiro atoms. The predicted molar refractivity (Wildman–Crippen MR) is 98.3 cm³/mol. The second-order valence-electron chi connectivity index (χ2n) is 6.37. The second-order valence-corrected chi connectivity index (χ2v) is 6.37. The van der Waals surface area contributed by atoms with Crippen LogP contribution in [-0.4, -0.2) is 19.1 Å². The molecule has 0 bridgehead atoms. The summed E-state index contributed by atoms with van der Waals surface area (Å²) >= 11 is 0. The number of aryl methyl sites for hydroxylation is 1. The second kappa shape index (κ2) is 9.08. The van der Waals surface area contributed by atoms with Gasteiger partial charge in [-0.2, -0.15) is 0 Å². The Morgan fingerprint density at radius 1 is 1.04 bits per heavy atom. The fraction of sp³-hybridized carbons (Fsp3) is 0.350. The lowest BCUT2D eigenvalue weighted by Gasteiger charge is -2.10. The van der Waals surface area contributed by atoms with Crippen molar-refractivity contribution in [3.8, 4) is 5.75 Å². The molecule has 2 aromatic rings.